The highest BCUT2D eigenvalue weighted by Crippen LogP contribution is 2.16. The van der Waals surface area contributed by atoms with Crippen molar-refractivity contribution in [2.75, 3.05) is 6.61 Å². The summed E-state index contributed by atoms with van der Waals surface area (Å²) in [6, 6.07) is -1.59. The first kappa shape index (κ1) is 9.85. The average Bonchev–Trinajstić information content (AvgIpc) is 2.08. The van der Waals surface area contributed by atoms with Crippen molar-refractivity contribution in [3.05, 3.63) is 0 Å². The molecule has 7 N–H and O–H groups in total. The van der Waals surface area contributed by atoms with E-state index in [1.807, 2.05) is 0 Å². The van der Waals surface area contributed by atoms with Crippen molar-refractivity contribution in [1.29, 1.82) is 0 Å². The van der Waals surface area contributed by atoms with E-state index < -0.39 is 37.2 Å². The Morgan fingerprint density at radius 2 is 1.75 bits per heavy atom. The predicted octanol–water partition coefficient (Wildman–Crippen LogP) is -3.29. The second-order valence-electron chi connectivity index (χ2n) is 2.89. The van der Waals surface area contributed by atoms with Crippen LogP contribution in [0.5, 0.6) is 0 Å². The lowest BCUT2D eigenvalue weighted by molar-refractivity contribution is -0.221. The molecule has 6 nitrogen and oxygen atoms in total. The van der Waals surface area contributed by atoms with Crippen LogP contribution in [0.15, 0.2) is 0 Å². The van der Waals surface area contributed by atoms with Crippen LogP contribution in [-0.2, 0) is 4.74 Å². The number of hydrogen-bond acceptors (Lipinski definition) is 6. The van der Waals surface area contributed by atoms with E-state index in [-0.39, 0.29) is 0 Å². The van der Waals surface area contributed by atoms with Gasteiger partial charge in [-0.05, 0) is 0 Å². The first-order valence-corrected chi connectivity index (χ1v) is 3.71. The number of aliphatic hydroxyl groups excluding tert-OH is 3. The number of ether oxygens (including phenoxy) is 1. The van der Waals surface area contributed by atoms with Gasteiger partial charge in [-0.2, -0.15) is 0 Å². The van der Waals surface area contributed by atoms with Gasteiger partial charge >= 0.3 is 0 Å². The van der Waals surface area contributed by atoms with Crippen molar-refractivity contribution in [2.45, 2.75) is 30.6 Å². The third-order valence-electron chi connectivity index (χ3n) is 2.04. The summed E-state index contributed by atoms with van der Waals surface area (Å²) in [5, 5.41) is 27.1. The van der Waals surface area contributed by atoms with E-state index in [0.29, 0.717) is 0 Å². The third-order valence-corrected chi connectivity index (χ3v) is 2.04. The molecule has 1 saturated heterocycles. The van der Waals surface area contributed by atoms with Crippen LogP contribution in [0.25, 0.3) is 0 Å². The summed E-state index contributed by atoms with van der Waals surface area (Å²) < 4.78 is 4.78. The normalized spacial score (nSPS) is 49.2. The Hall–Kier alpha value is -0.240. The lowest BCUT2D eigenvalue weighted by atomic mass is 9.96. The number of aliphatic hydroxyl groups is 3. The fourth-order valence-electron chi connectivity index (χ4n) is 1.17. The van der Waals surface area contributed by atoms with Gasteiger partial charge in [0.15, 0.2) is 6.29 Å². The van der Waals surface area contributed by atoms with Gasteiger partial charge in [0.05, 0.1) is 24.8 Å². The van der Waals surface area contributed by atoms with E-state index >= 15 is 0 Å². The fraction of sp³-hybridized carbons (Fsp3) is 1.00. The van der Waals surface area contributed by atoms with E-state index in [2.05, 4.69) is 0 Å². The standard InChI is InChI=1S/C6H14N2O4/c7-3-4(8)6(11)12-2(1-9)5(3)10/h2-6,9-11H,1,7-8H2/t2-,3-,4+,5+,6-/m1/s1. The summed E-state index contributed by atoms with van der Waals surface area (Å²) in [5.41, 5.74) is 10.8. The molecule has 0 aliphatic carbocycles. The predicted molar refractivity (Wildman–Crippen MR) is 39.9 cm³/mol. The summed E-state index contributed by atoms with van der Waals surface area (Å²) >= 11 is 0. The Morgan fingerprint density at radius 1 is 1.17 bits per heavy atom. The summed E-state index contributed by atoms with van der Waals surface area (Å²) in [6.07, 6.45) is -3.11. The van der Waals surface area contributed by atoms with Crippen LogP contribution in [0.2, 0.25) is 0 Å². The van der Waals surface area contributed by atoms with Crippen LogP contribution in [0, 0.1) is 0 Å². The third kappa shape index (κ3) is 1.58. The van der Waals surface area contributed by atoms with Gasteiger partial charge in [-0.1, -0.05) is 0 Å². The Balaban J connectivity index is 2.63. The van der Waals surface area contributed by atoms with Crippen molar-refractivity contribution >= 4 is 0 Å². The molecule has 1 rings (SSSR count). The summed E-state index contributed by atoms with van der Waals surface area (Å²) in [7, 11) is 0. The molecule has 0 aromatic heterocycles. The highest BCUT2D eigenvalue weighted by Gasteiger charge is 2.40. The molecule has 0 radical (unpaired) electrons. The van der Waals surface area contributed by atoms with E-state index in [4.69, 9.17) is 26.4 Å². The van der Waals surface area contributed by atoms with Crippen LogP contribution >= 0.6 is 0 Å². The average molecular weight is 178 g/mol. The molecule has 0 unspecified atom stereocenters. The molecule has 0 aromatic carbocycles. The topological polar surface area (TPSA) is 122 Å². The van der Waals surface area contributed by atoms with Gasteiger partial charge in [-0.15, -0.1) is 0 Å². The van der Waals surface area contributed by atoms with Crippen molar-refractivity contribution in [1.82, 2.24) is 0 Å². The van der Waals surface area contributed by atoms with Crippen LogP contribution < -0.4 is 11.5 Å². The van der Waals surface area contributed by atoms with Crippen LogP contribution in [-0.4, -0.2) is 52.5 Å². The van der Waals surface area contributed by atoms with Gasteiger partial charge in [-0.3, -0.25) is 0 Å². The van der Waals surface area contributed by atoms with E-state index in [1.54, 1.807) is 0 Å². The Morgan fingerprint density at radius 3 is 2.25 bits per heavy atom. The van der Waals surface area contributed by atoms with Gasteiger partial charge in [0.25, 0.3) is 0 Å². The monoisotopic (exact) mass is 178 g/mol. The Labute approximate surface area is 69.7 Å². The molecule has 5 atom stereocenters. The molecule has 0 bridgehead atoms. The van der Waals surface area contributed by atoms with Crippen molar-refractivity contribution < 1.29 is 20.1 Å². The number of hydrogen-bond donors (Lipinski definition) is 5. The number of rotatable bonds is 1. The molecule has 12 heavy (non-hydrogen) atoms. The van der Waals surface area contributed by atoms with Gasteiger partial charge in [0.1, 0.15) is 6.10 Å². The van der Waals surface area contributed by atoms with Crippen LogP contribution in [0.3, 0.4) is 0 Å². The molecule has 0 spiro atoms. The molecule has 6 heteroatoms. The summed E-state index contributed by atoms with van der Waals surface area (Å²) in [4.78, 5) is 0. The Kier molecular flexibility index (Phi) is 2.99. The molecule has 1 fully saturated rings. The maximum Gasteiger partial charge on any atom is 0.171 e. The van der Waals surface area contributed by atoms with Gasteiger partial charge in [0, 0.05) is 0 Å². The minimum absolute atomic E-state index is 0.390. The zero-order valence-electron chi connectivity index (χ0n) is 6.50. The molecule has 0 saturated carbocycles. The van der Waals surface area contributed by atoms with E-state index in [0.717, 1.165) is 0 Å². The SMILES string of the molecule is N[C@@H]1[C@H](N)[C@H](O)O[C@H](CO)[C@@H]1O. The van der Waals surface area contributed by atoms with E-state index in [1.165, 1.54) is 0 Å². The van der Waals surface area contributed by atoms with Gasteiger partial charge in [0.2, 0.25) is 0 Å². The van der Waals surface area contributed by atoms with Crippen molar-refractivity contribution in [2.24, 2.45) is 11.5 Å². The maximum absolute atomic E-state index is 9.32. The van der Waals surface area contributed by atoms with Crippen LogP contribution in [0.4, 0.5) is 0 Å². The fourth-order valence-corrected chi connectivity index (χ4v) is 1.17. The lowest BCUT2D eigenvalue weighted by Gasteiger charge is -2.38. The molecular weight excluding hydrogens is 164 g/mol. The Bertz CT molecular complexity index is 152. The molecule has 1 aliphatic heterocycles. The van der Waals surface area contributed by atoms with Gasteiger partial charge in [-0.25, -0.2) is 0 Å². The second-order valence-corrected chi connectivity index (χ2v) is 2.89. The summed E-state index contributed by atoms with van der Waals surface area (Å²) in [6.45, 7) is -0.390. The quantitative estimate of drug-likeness (QED) is 0.287. The maximum atomic E-state index is 9.32. The zero-order valence-corrected chi connectivity index (χ0v) is 6.50. The van der Waals surface area contributed by atoms with E-state index in [9.17, 15) is 5.11 Å². The molecule has 0 amide bonds. The molecular formula is C6H14N2O4. The second kappa shape index (κ2) is 3.65. The summed E-state index contributed by atoms with van der Waals surface area (Å²) in [5.74, 6) is 0. The van der Waals surface area contributed by atoms with Crippen LogP contribution in [0.1, 0.15) is 0 Å². The largest absolute Gasteiger partial charge is 0.394 e. The highest BCUT2D eigenvalue weighted by atomic mass is 16.6. The molecule has 1 aliphatic rings. The minimum atomic E-state index is -1.22. The molecule has 0 aromatic rings. The van der Waals surface area contributed by atoms with Crippen molar-refractivity contribution in [3.8, 4) is 0 Å². The number of nitrogens with two attached hydrogens (primary N) is 2. The first-order valence-electron chi connectivity index (χ1n) is 3.71. The lowest BCUT2D eigenvalue weighted by Crippen LogP contribution is -2.65. The minimum Gasteiger partial charge on any atom is -0.394 e. The highest BCUT2D eigenvalue weighted by molar-refractivity contribution is 4.93. The smallest absolute Gasteiger partial charge is 0.171 e. The van der Waals surface area contributed by atoms with Gasteiger partial charge < -0.3 is 31.5 Å². The molecule has 1 heterocycles. The van der Waals surface area contributed by atoms with Crippen molar-refractivity contribution in [3.63, 3.8) is 0 Å². The zero-order chi connectivity index (χ0) is 9.30. The first-order chi connectivity index (χ1) is 5.57. The molecule has 72 valence electrons.